The van der Waals surface area contributed by atoms with E-state index in [1.54, 1.807) is 4.90 Å². The molecule has 2 aromatic rings. The normalized spacial score (nSPS) is 22.6. The summed E-state index contributed by atoms with van der Waals surface area (Å²) in [6.45, 7) is 0. The van der Waals surface area contributed by atoms with Crippen LogP contribution >= 0.6 is 11.3 Å². The highest BCUT2D eigenvalue weighted by atomic mass is 32.1. The quantitative estimate of drug-likeness (QED) is 0.518. The van der Waals surface area contributed by atoms with E-state index in [0.29, 0.717) is 24.2 Å². The van der Waals surface area contributed by atoms with Gasteiger partial charge in [0.25, 0.3) is 18.2 Å². The number of hydrogen-bond donors (Lipinski definition) is 2. The molecule has 2 amide bonds. The first-order valence-corrected chi connectivity index (χ1v) is 12.1. The van der Waals surface area contributed by atoms with Gasteiger partial charge in [-0.1, -0.05) is 0 Å². The fourth-order valence-corrected chi connectivity index (χ4v) is 6.04. The summed E-state index contributed by atoms with van der Waals surface area (Å²) in [4.78, 5) is 34.9. The lowest BCUT2D eigenvalue weighted by Gasteiger charge is -2.23. The van der Waals surface area contributed by atoms with Gasteiger partial charge >= 0.3 is 6.18 Å². The molecule has 0 radical (unpaired) electrons. The summed E-state index contributed by atoms with van der Waals surface area (Å²) in [5.74, 6) is -2.36. The summed E-state index contributed by atoms with van der Waals surface area (Å²) >= 11 is 0.694. The van der Waals surface area contributed by atoms with E-state index >= 15 is 0 Å². The summed E-state index contributed by atoms with van der Waals surface area (Å²) in [5, 5.41) is 2.03. The Morgan fingerprint density at radius 3 is 2.26 bits per heavy atom. The number of rotatable bonds is 7. The monoisotopic (exact) mass is 515 g/mol. The van der Waals surface area contributed by atoms with Crippen LogP contribution in [0.3, 0.4) is 0 Å². The molecule has 1 atom stereocenters. The Labute approximate surface area is 200 Å². The van der Waals surface area contributed by atoms with Crippen molar-refractivity contribution in [1.82, 2.24) is 14.9 Å². The number of primary amides is 1. The van der Waals surface area contributed by atoms with Crippen molar-refractivity contribution in [1.29, 1.82) is 0 Å². The number of pyridine rings is 1. The van der Waals surface area contributed by atoms with Gasteiger partial charge < -0.3 is 16.0 Å². The lowest BCUT2D eigenvalue weighted by molar-refractivity contribution is -0.146. The van der Waals surface area contributed by atoms with Crippen molar-refractivity contribution in [3.8, 4) is 10.4 Å². The summed E-state index contributed by atoms with van der Waals surface area (Å²) in [7, 11) is 0. The van der Waals surface area contributed by atoms with Crippen LogP contribution in [0, 0.1) is 5.92 Å². The summed E-state index contributed by atoms with van der Waals surface area (Å²) in [6, 6.07) is -0.974. The van der Waals surface area contributed by atoms with Gasteiger partial charge in [-0.25, -0.2) is 18.7 Å². The smallest absolute Gasteiger partial charge is 0.364 e. The van der Waals surface area contributed by atoms with Crippen LogP contribution in [-0.4, -0.2) is 51.0 Å². The minimum atomic E-state index is -4.56. The van der Waals surface area contributed by atoms with Crippen LogP contribution in [0.1, 0.15) is 70.8 Å². The number of anilines is 1. The summed E-state index contributed by atoms with van der Waals surface area (Å²) < 4.78 is 68.4. The number of aromatic nitrogens is 2. The third-order valence-corrected chi connectivity index (χ3v) is 8.00. The molecule has 13 heteroatoms. The van der Waals surface area contributed by atoms with Crippen LogP contribution in [0.2, 0.25) is 0 Å². The third kappa shape index (κ3) is 4.45. The van der Waals surface area contributed by atoms with Crippen molar-refractivity contribution in [2.75, 3.05) is 5.32 Å². The van der Waals surface area contributed by atoms with Crippen molar-refractivity contribution in [2.24, 2.45) is 11.7 Å². The summed E-state index contributed by atoms with van der Waals surface area (Å²) in [5.41, 5.74) is 4.40. The Bertz CT molecular complexity index is 1150. The van der Waals surface area contributed by atoms with Crippen molar-refractivity contribution in [2.45, 2.75) is 69.3 Å². The second-order valence-corrected chi connectivity index (χ2v) is 10.2. The van der Waals surface area contributed by atoms with Gasteiger partial charge in [0.05, 0.1) is 4.88 Å². The number of carbonyl (C=O) groups excluding carboxylic acids is 2. The fourth-order valence-electron chi connectivity index (χ4n) is 5.10. The molecule has 2 aromatic heterocycles. The predicted octanol–water partition coefficient (Wildman–Crippen LogP) is 4.76. The molecule has 4 heterocycles. The van der Waals surface area contributed by atoms with Crippen molar-refractivity contribution in [3.05, 3.63) is 28.5 Å². The zero-order chi connectivity index (χ0) is 25.1. The second-order valence-electron chi connectivity index (χ2n) is 9.19. The minimum absolute atomic E-state index is 0.000913. The number of fused-ring (bicyclic) bond motifs is 2. The molecule has 3 fully saturated rings. The molecule has 3 N–H and O–H groups in total. The van der Waals surface area contributed by atoms with Gasteiger partial charge in [0.2, 0.25) is 0 Å². The summed E-state index contributed by atoms with van der Waals surface area (Å²) in [6.07, 6.45) is -2.52. The molecule has 0 aromatic carbocycles. The predicted molar refractivity (Wildman–Crippen MR) is 117 cm³/mol. The van der Waals surface area contributed by atoms with E-state index in [-0.39, 0.29) is 39.0 Å². The van der Waals surface area contributed by atoms with E-state index in [9.17, 15) is 31.5 Å². The average molecular weight is 516 g/mol. The molecule has 1 saturated carbocycles. The topological polar surface area (TPSA) is 101 Å². The van der Waals surface area contributed by atoms with Crippen molar-refractivity contribution < 1.29 is 31.5 Å². The lowest BCUT2D eigenvalue weighted by Crippen LogP contribution is -2.38. The number of thiazole rings is 1. The largest absolute Gasteiger partial charge is 0.408 e. The first-order valence-electron chi connectivity index (χ1n) is 11.3. The van der Waals surface area contributed by atoms with Crippen molar-refractivity contribution in [3.63, 3.8) is 0 Å². The van der Waals surface area contributed by atoms with Crippen LogP contribution in [-0.2, 0) is 0 Å². The maximum Gasteiger partial charge on any atom is 0.408 e. The molecule has 2 bridgehead atoms. The number of hydrogen-bond acceptors (Lipinski definition) is 6. The van der Waals surface area contributed by atoms with Gasteiger partial charge in [-0.3, -0.25) is 9.59 Å². The van der Waals surface area contributed by atoms with Gasteiger partial charge in [-0.15, -0.1) is 11.3 Å². The fraction of sp³-hybridized carbons (Fsp3) is 0.545. The first-order chi connectivity index (χ1) is 16.5. The van der Waals surface area contributed by atoms with Gasteiger partial charge in [0.1, 0.15) is 17.6 Å². The number of amides is 2. The molecule has 7 nitrogen and oxygen atoms in total. The van der Waals surface area contributed by atoms with Crippen LogP contribution in [0.4, 0.5) is 27.8 Å². The molecule has 35 heavy (non-hydrogen) atoms. The van der Waals surface area contributed by atoms with Crippen LogP contribution < -0.4 is 11.1 Å². The first kappa shape index (κ1) is 23.9. The Morgan fingerprint density at radius 2 is 1.74 bits per heavy atom. The molecular weight excluding hydrogens is 493 g/mol. The average Bonchev–Trinajstić information content (AvgIpc) is 3.23. The maximum atomic E-state index is 14.1. The Balaban J connectivity index is 1.53. The highest BCUT2D eigenvalue weighted by molar-refractivity contribution is 7.17. The lowest BCUT2D eigenvalue weighted by atomic mass is 10.0. The molecule has 188 valence electrons. The second kappa shape index (κ2) is 8.68. The van der Waals surface area contributed by atoms with E-state index in [4.69, 9.17) is 5.73 Å². The highest BCUT2D eigenvalue weighted by Crippen LogP contribution is 2.44. The molecule has 5 rings (SSSR count). The van der Waals surface area contributed by atoms with Gasteiger partial charge in [-0.2, -0.15) is 13.2 Å². The number of nitrogens with one attached hydrogen (secondary N) is 1. The van der Waals surface area contributed by atoms with Crippen LogP contribution in [0.5, 0.6) is 0 Å². The maximum absolute atomic E-state index is 14.1. The van der Waals surface area contributed by atoms with E-state index in [1.807, 2.05) is 0 Å². The molecule has 1 unspecified atom stereocenters. The highest BCUT2D eigenvalue weighted by Gasteiger charge is 2.49. The minimum Gasteiger partial charge on any atom is -0.364 e. The van der Waals surface area contributed by atoms with Crippen LogP contribution in [0.15, 0.2) is 12.3 Å². The Kier molecular flexibility index (Phi) is 5.93. The number of nitrogens with zero attached hydrogens (tertiary/aromatic N) is 3. The molecular formula is C22H22F5N5O2S. The van der Waals surface area contributed by atoms with Crippen LogP contribution in [0.25, 0.3) is 10.4 Å². The molecule has 2 aliphatic heterocycles. The molecule has 1 aliphatic carbocycles. The molecule has 2 saturated heterocycles. The molecule has 0 spiro atoms. The third-order valence-electron chi connectivity index (χ3n) is 6.89. The number of nitrogens with two attached hydrogens (primary N) is 1. The van der Waals surface area contributed by atoms with Gasteiger partial charge in [0.15, 0.2) is 5.01 Å². The zero-order valence-electron chi connectivity index (χ0n) is 18.3. The number of halogens is 5. The van der Waals surface area contributed by atoms with Gasteiger partial charge in [-0.05, 0) is 50.5 Å². The van der Waals surface area contributed by atoms with Gasteiger partial charge in [0, 0.05) is 29.4 Å². The van der Waals surface area contributed by atoms with E-state index < -0.39 is 41.9 Å². The number of alkyl halides is 5. The SMILES string of the molecule is NC(=O)c1nc(C(=O)N2C3CCC2CC3)c(-c2cnc(NC(C3CC3)C(F)(F)F)cc2C(F)F)s1. The Hall–Kier alpha value is -2.83. The Morgan fingerprint density at radius 1 is 1.11 bits per heavy atom. The zero-order valence-corrected chi connectivity index (χ0v) is 19.1. The molecule has 3 aliphatic rings. The standard InChI is InChI=1S/C22H22F5N5O2S/c23-18(24)12-7-14(30-17(9-1-2-9)22(25,26)27)29-8-13(12)16-15(31-20(35-16)19(28)33)21(34)32-10-3-4-11(32)6-5-10/h7-11,17-18H,1-6H2,(H2,28,33)(H,29,30). The van der Waals surface area contributed by atoms with E-state index in [1.165, 1.54) is 0 Å². The van der Waals surface area contributed by atoms with Crippen molar-refractivity contribution >= 4 is 29.0 Å². The van der Waals surface area contributed by atoms with E-state index in [0.717, 1.165) is 37.9 Å². The number of carbonyl (C=O) groups is 2. The van der Waals surface area contributed by atoms with E-state index in [2.05, 4.69) is 15.3 Å².